The lowest BCUT2D eigenvalue weighted by Gasteiger charge is -2.21. The predicted octanol–water partition coefficient (Wildman–Crippen LogP) is 1.84. The summed E-state index contributed by atoms with van der Waals surface area (Å²) < 4.78 is 13.9. The fourth-order valence-corrected chi connectivity index (χ4v) is 2.19. The molecule has 0 aliphatic carbocycles. The van der Waals surface area contributed by atoms with E-state index >= 15 is 0 Å². The number of benzene rings is 1. The van der Waals surface area contributed by atoms with Gasteiger partial charge in [-0.3, -0.25) is 0 Å². The molecule has 1 aromatic carbocycles. The summed E-state index contributed by atoms with van der Waals surface area (Å²) in [5, 5.41) is 19.2. The van der Waals surface area contributed by atoms with Gasteiger partial charge in [-0.25, -0.2) is 4.39 Å². The molecule has 2 atom stereocenters. The number of hydrogen-bond acceptors (Lipinski definition) is 3. The van der Waals surface area contributed by atoms with Crippen LogP contribution in [0.4, 0.5) is 10.1 Å². The average Bonchev–Trinajstić information content (AvgIpc) is 2.58. The Morgan fingerprint density at radius 2 is 2.18 bits per heavy atom. The van der Waals surface area contributed by atoms with E-state index in [2.05, 4.69) is 0 Å². The lowest BCUT2D eigenvalue weighted by atomic mass is 10.1. The van der Waals surface area contributed by atoms with E-state index in [-0.39, 0.29) is 5.82 Å². The van der Waals surface area contributed by atoms with Crippen LogP contribution in [0.2, 0.25) is 0 Å². The molecule has 0 radical (unpaired) electrons. The Morgan fingerprint density at radius 3 is 2.65 bits per heavy atom. The highest BCUT2D eigenvalue weighted by Crippen LogP contribution is 2.29. The van der Waals surface area contributed by atoms with Gasteiger partial charge in [0.15, 0.2) is 0 Å². The van der Waals surface area contributed by atoms with Crippen molar-refractivity contribution in [1.29, 1.82) is 0 Å². The molecule has 2 rings (SSSR count). The van der Waals surface area contributed by atoms with E-state index in [9.17, 15) is 14.6 Å². The van der Waals surface area contributed by atoms with Crippen molar-refractivity contribution in [1.82, 2.24) is 0 Å². The Labute approximate surface area is 100 Å². The molecule has 0 aromatic heterocycles. The van der Waals surface area contributed by atoms with Gasteiger partial charge in [-0.05, 0) is 38.0 Å². The zero-order valence-corrected chi connectivity index (χ0v) is 10.2. The highest BCUT2D eigenvalue weighted by molar-refractivity contribution is 5.50. The fraction of sp³-hybridized carbons (Fsp3) is 0.538. The van der Waals surface area contributed by atoms with E-state index in [4.69, 9.17) is 0 Å². The maximum Gasteiger partial charge on any atom is 0.146 e. The zero-order valence-electron chi connectivity index (χ0n) is 10.2. The Bertz CT molecular complexity index is 418. The van der Waals surface area contributed by atoms with Gasteiger partial charge in [-0.2, -0.15) is 0 Å². The van der Waals surface area contributed by atoms with Gasteiger partial charge < -0.3 is 15.1 Å². The zero-order chi connectivity index (χ0) is 12.6. The minimum atomic E-state index is -0.741. The molecule has 2 N–H and O–H groups in total. The molecule has 1 aromatic rings. The Balaban J connectivity index is 2.23. The van der Waals surface area contributed by atoms with Crippen LogP contribution in [0.15, 0.2) is 18.2 Å². The maximum absolute atomic E-state index is 13.9. The third-order valence-electron chi connectivity index (χ3n) is 3.25. The molecular weight excluding hydrogens is 221 g/mol. The standard InChI is InChI=1S/C13H18FNO2/c1-9(16)10-3-4-12(11(14)7-10)15-6-5-13(2,17)8-15/h3-4,7,9,16-17H,5-6,8H2,1-2H3/t9-,13?/m0/s1. The summed E-state index contributed by atoms with van der Waals surface area (Å²) in [7, 11) is 0. The van der Waals surface area contributed by atoms with Crippen molar-refractivity contribution in [3.63, 3.8) is 0 Å². The Morgan fingerprint density at radius 1 is 1.47 bits per heavy atom. The molecule has 4 heteroatoms. The first-order valence-corrected chi connectivity index (χ1v) is 5.84. The van der Waals surface area contributed by atoms with Crippen LogP contribution in [0.25, 0.3) is 0 Å². The van der Waals surface area contributed by atoms with Gasteiger partial charge >= 0.3 is 0 Å². The van der Waals surface area contributed by atoms with Gasteiger partial charge in [-0.1, -0.05) is 6.07 Å². The van der Waals surface area contributed by atoms with E-state index in [0.717, 1.165) is 0 Å². The number of halogens is 1. The molecule has 0 saturated carbocycles. The molecule has 1 heterocycles. The molecule has 1 unspecified atom stereocenters. The Hall–Kier alpha value is -1.13. The summed E-state index contributed by atoms with van der Waals surface area (Å²) >= 11 is 0. The Kier molecular flexibility index (Phi) is 3.10. The molecule has 0 amide bonds. The van der Waals surface area contributed by atoms with Crippen molar-refractivity contribution >= 4 is 5.69 Å². The van der Waals surface area contributed by atoms with E-state index in [1.165, 1.54) is 6.07 Å². The second-order valence-electron chi connectivity index (χ2n) is 5.06. The first kappa shape index (κ1) is 12.3. The predicted molar refractivity (Wildman–Crippen MR) is 64.5 cm³/mol. The normalized spacial score (nSPS) is 26.3. The summed E-state index contributed by atoms with van der Waals surface area (Å²) in [6, 6.07) is 4.74. The van der Waals surface area contributed by atoms with Gasteiger partial charge in [0, 0.05) is 13.1 Å². The lowest BCUT2D eigenvalue weighted by Crippen LogP contribution is -2.30. The van der Waals surface area contributed by atoms with Gasteiger partial charge in [0.25, 0.3) is 0 Å². The van der Waals surface area contributed by atoms with Crippen molar-refractivity contribution in [2.45, 2.75) is 32.0 Å². The van der Waals surface area contributed by atoms with Crippen LogP contribution in [-0.4, -0.2) is 28.9 Å². The summed E-state index contributed by atoms with van der Waals surface area (Å²) in [5.74, 6) is -0.346. The second-order valence-corrected chi connectivity index (χ2v) is 5.06. The van der Waals surface area contributed by atoms with Gasteiger partial charge in [0.2, 0.25) is 0 Å². The van der Waals surface area contributed by atoms with Gasteiger partial charge in [-0.15, -0.1) is 0 Å². The van der Waals surface area contributed by atoms with Crippen molar-refractivity contribution in [3.05, 3.63) is 29.6 Å². The fourth-order valence-electron chi connectivity index (χ4n) is 2.19. The van der Waals surface area contributed by atoms with Crippen molar-refractivity contribution in [3.8, 4) is 0 Å². The molecule has 94 valence electrons. The second kappa shape index (κ2) is 4.27. The van der Waals surface area contributed by atoms with E-state index in [1.54, 1.807) is 26.0 Å². The maximum atomic E-state index is 13.9. The SMILES string of the molecule is C[C@H](O)c1ccc(N2CCC(C)(O)C2)c(F)c1. The molecule has 1 fully saturated rings. The largest absolute Gasteiger partial charge is 0.389 e. The molecular formula is C13H18FNO2. The number of aliphatic hydroxyl groups excluding tert-OH is 1. The van der Waals surface area contributed by atoms with E-state index < -0.39 is 11.7 Å². The molecule has 1 aliphatic rings. The van der Waals surface area contributed by atoms with Gasteiger partial charge in [0.1, 0.15) is 5.82 Å². The van der Waals surface area contributed by atoms with Crippen LogP contribution >= 0.6 is 0 Å². The minimum absolute atomic E-state index is 0.346. The quantitative estimate of drug-likeness (QED) is 0.827. The molecule has 3 nitrogen and oxygen atoms in total. The van der Waals surface area contributed by atoms with Crippen LogP contribution in [-0.2, 0) is 0 Å². The number of aliphatic hydroxyl groups is 2. The highest BCUT2D eigenvalue weighted by Gasteiger charge is 2.32. The monoisotopic (exact) mass is 239 g/mol. The first-order chi connectivity index (χ1) is 7.89. The van der Waals surface area contributed by atoms with Crippen molar-refractivity contribution in [2.24, 2.45) is 0 Å². The van der Waals surface area contributed by atoms with E-state index in [0.29, 0.717) is 30.8 Å². The van der Waals surface area contributed by atoms with Crippen LogP contribution in [0.5, 0.6) is 0 Å². The molecule has 1 aliphatic heterocycles. The molecule has 0 bridgehead atoms. The third-order valence-corrected chi connectivity index (χ3v) is 3.25. The molecule has 0 spiro atoms. The van der Waals surface area contributed by atoms with Crippen LogP contribution in [0, 0.1) is 5.82 Å². The average molecular weight is 239 g/mol. The summed E-state index contributed by atoms with van der Waals surface area (Å²) in [4.78, 5) is 1.83. The third kappa shape index (κ3) is 2.58. The number of nitrogens with zero attached hydrogens (tertiary/aromatic N) is 1. The molecule has 1 saturated heterocycles. The lowest BCUT2D eigenvalue weighted by molar-refractivity contribution is 0.0839. The number of β-amino-alcohol motifs (C(OH)–C–C–N with tert-alkyl or cyclic N) is 1. The summed E-state index contributed by atoms with van der Waals surface area (Å²) in [5.41, 5.74) is 0.319. The summed E-state index contributed by atoms with van der Waals surface area (Å²) in [6.07, 6.45) is -0.0230. The van der Waals surface area contributed by atoms with Crippen LogP contribution in [0.3, 0.4) is 0 Å². The first-order valence-electron chi connectivity index (χ1n) is 5.84. The minimum Gasteiger partial charge on any atom is -0.389 e. The number of rotatable bonds is 2. The van der Waals surface area contributed by atoms with E-state index in [1.807, 2.05) is 4.90 Å². The topological polar surface area (TPSA) is 43.7 Å². The number of hydrogen-bond donors (Lipinski definition) is 2. The highest BCUT2D eigenvalue weighted by atomic mass is 19.1. The smallest absolute Gasteiger partial charge is 0.146 e. The van der Waals surface area contributed by atoms with Crippen LogP contribution in [0.1, 0.15) is 31.9 Å². The summed E-state index contributed by atoms with van der Waals surface area (Å²) in [6.45, 7) is 4.46. The van der Waals surface area contributed by atoms with Gasteiger partial charge in [0.05, 0.1) is 17.4 Å². The van der Waals surface area contributed by atoms with Crippen molar-refractivity contribution in [2.75, 3.05) is 18.0 Å². The van der Waals surface area contributed by atoms with Crippen LogP contribution < -0.4 is 4.90 Å². The number of anilines is 1. The van der Waals surface area contributed by atoms with Crippen molar-refractivity contribution < 1.29 is 14.6 Å². The molecule has 17 heavy (non-hydrogen) atoms.